The molecule has 3 aliphatic heterocycles. The minimum absolute atomic E-state index is 0.646. The molecule has 0 spiro atoms. The largest absolute Gasteiger partial charge is 0.394 e. The highest BCUT2D eigenvalue weighted by Crippen LogP contribution is 2.32. The molecule has 1 amide bonds. The zero-order valence-electron chi connectivity index (χ0n) is 19.5. The number of aliphatic hydroxyl groups excluding tert-OH is 9. The maximum atomic E-state index is 11.8. The van der Waals surface area contributed by atoms with Crippen molar-refractivity contribution in [3.63, 3.8) is 0 Å². The van der Waals surface area contributed by atoms with Crippen molar-refractivity contribution in [2.75, 3.05) is 13.2 Å². The van der Waals surface area contributed by atoms with Gasteiger partial charge in [0.25, 0.3) is 0 Å². The molecule has 16 heteroatoms. The number of nitrogens with one attached hydrogen (secondary N) is 1. The van der Waals surface area contributed by atoms with Gasteiger partial charge in [-0.3, -0.25) is 4.79 Å². The van der Waals surface area contributed by atoms with Gasteiger partial charge in [0.15, 0.2) is 18.9 Å². The molecule has 3 rings (SSSR count). The Balaban J connectivity index is 1.92. The number of amides is 1. The fraction of sp³-hybridized carbons (Fsp3) is 0.950. The minimum Gasteiger partial charge on any atom is -0.394 e. The van der Waals surface area contributed by atoms with Crippen molar-refractivity contribution in [2.24, 2.45) is 0 Å². The van der Waals surface area contributed by atoms with Crippen LogP contribution in [0.1, 0.15) is 13.8 Å². The van der Waals surface area contributed by atoms with E-state index in [9.17, 15) is 50.8 Å². The fourth-order valence-corrected chi connectivity index (χ4v) is 4.40. The lowest BCUT2D eigenvalue weighted by Gasteiger charge is -2.49. The number of carbonyl (C=O) groups excluding carboxylic acids is 1. The second-order valence-corrected chi connectivity index (χ2v) is 9.05. The second-order valence-electron chi connectivity index (χ2n) is 9.05. The Morgan fingerprint density at radius 1 is 0.722 bits per heavy atom. The molecule has 0 aromatic heterocycles. The zero-order valence-corrected chi connectivity index (χ0v) is 19.5. The SMILES string of the molecule is CC(=O)N[C@H]1C(O)O[C@H](CO)[C@@H](O[C@@H]2O[C@@H](C)[C@@H](O)[C@@H](O)[C@@H]2O)[C@@H]1O[C@@H]1O[C@H](CO)[C@H](O)[C@H](O)[C@H]1O. The van der Waals surface area contributed by atoms with Gasteiger partial charge in [-0.05, 0) is 6.92 Å². The van der Waals surface area contributed by atoms with E-state index in [1.807, 2.05) is 0 Å². The first kappa shape index (κ1) is 29.5. The van der Waals surface area contributed by atoms with Crippen LogP contribution in [0.3, 0.4) is 0 Å². The van der Waals surface area contributed by atoms with Gasteiger partial charge in [0.2, 0.25) is 5.91 Å². The Labute approximate surface area is 205 Å². The van der Waals surface area contributed by atoms with E-state index in [4.69, 9.17) is 23.7 Å². The molecule has 3 heterocycles. The van der Waals surface area contributed by atoms with Crippen LogP contribution in [0.5, 0.6) is 0 Å². The van der Waals surface area contributed by atoms with E-state index >= 15 is 0 Å². The molecule has 3 fully saturated rings. The van der Waals surface area contributed by atoms with Crippen molar-refractivity contribution in [3.05, 3.63) is 0 Å². The molecule has 36 heavy (non-hydrogen) atoms. The summed E-state index contributed by atoms with van der Waals surface area (Å²) >= 11 is 0. The number of hydrogen-bond donors (Lipinski definition) is 10. The summed E-state index contributed by atoms with van der Waals surface area (Å²) in [5.74, 6) is -0.646. The van der Waals surface area contributed by atoms with Crippen LogP contribution in [-0.2, 0) is 28.5 Å². The van der Waals surface area contributed by atoms with Gasteiger partial charge in [-0.25, -0.2) is 0 Å². The van der Waals surface area contributed by atoms with E-state index in [1.165, 1.54) is 6.92 Å². The Kier molecular flexibility index (Phi) is 9.97. The third kappa shape index (κ3) is 5.97. The quantitative estimate of drug-likeness (QED) is 0.147. The maximum Gasteiger partial charge on any atom is 0.217 e. The summed E-state index contributed by atoms with van der Waals surface area (Å²) in [6, 6.07) is -1.42. The normalized spacial score (nSPS) is 50.0. The van der Waals surface area contributed by atoms with Crippen molar-refractivity contribution in [3.8, 4) is 0 Å². The first-order valence-electron chi connectivity index (χ1n) is 11.4. The number of hydrogen-bond acceptors (Lipinski definition) is 15. The van der Waals surface area contributed by atoms with Crippen LogP contribution in [0.4, 0.5) is 0 Å². The third-order valence-corrected chi connectivity index (χ3v) is 6.45. The third-order valence-electron chi connectivity index (χ3n) is 6.45. The molecule has 10 N–H and O–H groups in total. The van der Waals surface area contributed by atoms with Gasteiger partial charge < -0.3 is 75.0 Å². The standard InChI is InChI=1S/C20H35NO15/c1-5-10(25)12(27)14(29)19(32-5)35-16-8(4-23)33-18(31)9(21-6(2)24)17(16)36-20-15(30)13(28)11(26)7(3-22)34-20/h5,7-20,22-23,25-31H,3-4H2,1-2H3,(H,21,24)/t5-,7+,8+,9+,10+,11-,12+,13-,14-,15+,16+,17+,18?,19-,20-/m0/s1. The van der Waals surface area contributed by atoms with Crippen LogP contribution in [0.15, 0.2) is 0 Å². The van der Waals surface area contributed by atoms with Gasteiger partial charge in [0.1, 0.15) is 67.1 Å². The summed E-state index contributed by atoms with van der Waals surface area (Å²) in [5.41, 5.74) is 0. The van der Waals surface area contributed by atoms with Gasteiger partial charge in [0.05, 0.1) is 19.3 Å². The highest BCUT2D eigenvalue weighted by Gasteiger charge is 2.54. The number of rotatable bonds is 7. The van der Waals surface area contributed by atoms with Crippen LogP contribution in [0.25, 0.3) is 0 Å². The molecule has 0 aliphatic carbocycles. The van der Waals surface area contributed by atoms with Crippen LogP contribution in [0, 0.1) is 0 Å². The summed E-state index contributed by atoms with van der Waals surface area (Å²) in [7, 11) is 0. The first-order chi connectivity index (χ1) is 16.9. The van der Waals surface area contributed by atoms with Crippen molar-refractivity contribution < 1.29 is 74.4 Å². The van der Waals surface area contributed by atoms with E-state index in [-0.39, 0.29) is 0 Å². The highest BCUT2D eigenvalue weighted by atomic mass is 16.7. The highest BCUT2D eigenvalue weighted by molar-refractivity contribution is 5.73. The van der Waals surface area contributed by atoms with Gasteiger partial charge in [-0.1, -0.05) is 0 Å². The van der Waals surface area contributed by atoms with E-state index in [2.05, 4.69) is 5.32 Å². The molecule has 3 saturated heterocycles. The molecule has 0 saturated carbocycles. The smallest absolute Gasteiger partial charge is 0.217 e. The number of aliphatic hydroxyl groups is 9. The molecule has 210 valence electrons. The van der Waals surface area contributed by atoms with Crippen LogP contribution in [0.2, 0.25) is 0 Å². The molecule has 0 radical (unpaired) electrons. The lowest BCUT2D eigenvalue weighted by Crippen LogP contribution is -2.69. The summed E-state index contributed by atoms with van der Waals surface area (Å²) in [4.78, 5) is 11.8. The Morgan fingerprint density at radius 3 is 1.81 bits per heavy atom. The second kappa shape index (κ2) is 12.2. The van der Waals surface area contributed by atoms with Crippen molar-refractivity contribution in [1.29, 1.82) is 0 Å². The predicted molar refractivity (Wildman–Crippen MR) is 111 cm³/mol. The van der Waals surface area contributed by atoms with E-state index in [0.717, 1.165) is 6.92 Å². The summed E-state index contributed by atoms with van der Waals surface area (Å²) in [6.45, 7) is 1.00. The summed E-state index contributed by atoms with van der Waals surface area (Å²) in [6.07, 6.45) is -22.0. The summed E-state index contributed by atoms with van der Waals surface area (Å²) < 4.78 is 27.7. The molecule has 1 unspecified atom stereocenters. The van der Waals surface area contributed by atoms with E-state index in [1.54, 1.807) is 0 Å². The van der Waals surface area contributed by atoms with Gasteiger partial charge in [-0.2, -0.15) is 0 Å². The van der Waals surface area contributed by atoms with Crippen molar-refractivity contribution in [2.45, 2.75) is 106 Å². The topological polar surface area (TPSA) is 257 Å². The fourth-order valence-electron chi connectivity index (χ4n) is 4.40. The average molecular weight is 529 g/mol. The average Bonchev–Trinajstić information content (AvgIpc) is 2.84. The van der Waals surface area contributed by atoms with Crippen molar-refractivity contribution in [1.82, 2.24) is 5.32 Å². The molecule has 16 nitrogen and oxygen atoms in total. The molecule has 15 atom stereocenters. The molecule has 0 aromatic rings. The first-order valence-corrected chi connectivity index (χ1v) is 11.4. The molecule has 0 aromatic carbocycles. The molecular weight excluding hydrogens is 494 g/mol. The van der Waals surface area contributed by atoms with Gasteiger partial charge in [-0.15, -0.1) is 0 Å². The lowest BCUT2D eigenvalue weighted by atomic mass is 9.94. The minimum atomic E-state index is -1.86. The molecular formula is C20H35NO15. The predicted octanol–water partition coefficient (Wildman–Crippen LogP) is -6.40. The monoisotopic (exact) mass is 529 g/mol. The van der Waals surface area contributed by atoms with Gasteiger partial charge >= 0.3 is 0 Å². The van der Waals surface area contributed by atoms with Crippen LogP contribution >= 0.6 is 0 Å². The molecule has 0 bridgehead atoms. The zero-order chi connectivity index (χ0) is 26.9. The summed E-state index contributed by atoms with van der Waals surface area (Å²) in [5, 5.41) is 93.2. The van der Waals surface area contributed by atoms with E-state index < -0.39 is 111 Å². The lowest BCUT2D eigenvalue weighted by molar-refractivity contribution is -0.370. The maximum absolute atomic E-state index is 11.8. The Hall–Kier alpha value is -1.09. The number of carbonyl (C=O) groups is 1. The number of ether oxygens (including phenoxy) is 5. The van der Waals surface area contributed by atoms with Crippen molar-refractivity contribution >= 4 is 5.91 Å². The molecule has 3 aliphatic rings. The Morgan fingerprint density at radius 2 is 1.25 bits per heavy atom. The van der Waals surface area contributed by atoms with Crippen LogP contribution in [-0.4, -0.2) is 157 Å². The van der Waals surface area contributed by atoms with Gasteiger partial charge in [0, 0.05) is 6.92 Å². The van der Waals surface area contributed by atoms with Crippen LogP contribution < -0.4 is 5.32 Å². The van der Waals surface area contributed by atoms with E-state index in [0.29, 0.717) is 0 Å². The Bertz CT molecular complexity index is 729.